The summed E-state index contributed by atoms with van der Waals surface area (Å²) in [6.45, 7) is 7.79. The molecule has 1 atom stereocenters. The Morgan fingerprint density at radius 1 is 1.36 bits per heavy atom. The van der Waals surface area contributed by atoms with Gasteiger partial charge in [0.05, 0.1) is 13.7 Å². The first-order chi connectivity index (χ1) is 13.6. The number of likely N-dealkylation sites (tertiary alicyclic amines) is 1. The molecule has 152 valence electrons. The maximum absolute atomic E-state index is 5.76. The predicted octanol–water partition coefficient (Wildman–Crippen LogP) is 5.08. The van der Waals surface area contributed by atoms with Crippen LogP contribution >= 0.6 is 23.6 Å². The van der Waals surface area contributed by atoms with Crippen molar-refractivity contribution in [2.75, 3.05) is 38.6 Å². The Morgan fingerprint density at radius 3 is 3.00 bits per heavy atom. The maximum Gasteiger partial charge on any atom is 0.173 e. The van der Waals surface area contributed by atoms with E-state index in [1.165, 1.54) is 30.8 Å². The largest absolute Gasteiger partial charge is 0.497 e. The van der Waals surface area contributed by atoms with E-state index >= 15 is 0 Å². The van der Waals surface area contributed by atoms with Crippen molar-refractivity contribution in [3.8, 4) is 5.75 Å². The number of nitrogens with one attached hydrogen (secondary N) is 1. The first-order valence-corrected chi connectivity index (χ1v) is 11.4. The molecule has 0 saturated carbocycles. The van der Waals surface area contributed by atoms with E-state index in [1.807, 2.05) is 24.3 Å². The zero-order chi connectivity index (χ0) is 19.8. The van der Waals surface area contributed by atoms with Crippen LogP contribution in [0.3, 0.4) is 0 Å². The fourth-order valence-corrected chi connectivity index (χ4v) is 4.71. The van der Waals surface area contributed by atoms with Crippen LogP contribution in [0.4, 0.5) is 5.69 Å². The monoisotopic (exact) mass is 417 g/mol. The van der Waals surface area contributed by atoms with E-state index in [0.717, 1.165) is 48.5 Å². The van der Waals surface area contributed by atoms with Gasteiger partial charge in [-0.05, 0) is 74.1 Å². The van der Waals surface area contributed by atoms with Crippen LogP contribution in [0.2, 0.25) is 0 Å². The summed E-state index contributed by atoms with van der Waals surface area (Å²) in [4.78, 5) is 6.23. The van der Waals surface area contributed by atoms with Crippen molar-refractivity contribution in [3.63, 3.8) is 0 Å². The minimum absolute atomic E-state index is 0.772. The molecular formula is C22H31N3OS2. The van der Waals surface area contributed by atoms with Gasteiger partial charge in [0.15, 0.2) is 5.11 Å². The van der Waals surface area contributed by atoms with Gasteiger partial charge < -0.3 is 19.9 Å². The lowest BCUT2D eigenvalue weighted by molar-refractivity contribution is 0.177. The summed E-state index contributed by atoms with van der Waals surface area (Å²) in [5.41, 5.74) is 0.963. The van der Waals surface area contributed by atoms with Crippen molar-refractivity contribution in [2.45, 2.75) is 32.7 Å². The van der Waals surface area contributed by atoms with Gasteiger partial charge >= 0.3 is 0 Å². The summed E-state index contributed by atoms with van der Waals surface area (Å²) in [6, 6.07) is 12.2. The topological polar surface area (TPSA) is 27.7 Å². The summed E-state index contributed by atoms with van der Waals surface area (Å²) in [5.74, 6) is 1.66. The molecule has 0 amide bonds. The number of hydrogen-bond acceptors (Lipinski definition) is 4. The summed E-state index contributed by atoms with van der Waals surface area (Å²) in [5, 5.41) is 6.29. The van der Waals surface area contributed by atoms with Crippen LogP contribution in [-0.2, 0) is 6.54 Å². The number of thiocarbonyl (C=S) groups is 1. The molecule has 0 unspecified atom stereocenters. The van der Waals surface area contributed by atoms with Gasteiger partial charge in [-0.25, -0.2) is 0 Å². The van der Waals surface area contributed by atoms with E-state index in [0.29, 0.717) is 0 Å². The molecule has 1 aliphatic rings. The van der Waals surface area contributed by atoms with E-state index in [9.17, 15) is 0 Å². The molecule has 4 nitrogen and oxygen atoms in total. The van der Waals surface area contributed by atoms with Crippen LogP contribution in [0.5, 0.6) is 5.75 Å². The lowest BCUT2D eigenvalue weighted by Gasteiger charge is -2.32. The number of nitrogens with zero attached hydrogens (tertiary/aromatic N) is 2. The second kappa shape index (κ2) is 10.8. The van der Waals surface area contributed by atoms with Gasteiger partial charge in [0.1, 0.15) is 5.75 Å². The number of anilines is 1. The predicted molar refractivity (Wildman–Crippen MR) is 123 cm³/mol. The summed E-state index contributed by atoms with van der Waals surface area (Å²) >= 11 is 7.55. The average molecular weight is 418 g/mol. The van der Waals surface area contributed by atoms with Crippen LogP contribution in [-0.4, -0.2) is 48.2 Å². The first kappa shape index (κ1) is 21.1. The number of rotatable bonds is 8. The minimum Gasteiger partial charge on any atom is -0.497 e. The van der Waals surface area contributed by atoms with Crippen molar-refractivity contribution in [2.24, 2.45) is 5.92 Å². The second-order valence-corrected chi connectivity index (χ2v) is 8.98. The molecule has 0 aliphatic carbocycles. The van der Waals surface area contributed by atoms with Gasteiger partial charge in [0.25, 0.3) is 0 Å². The van der Waals surface area contributed by atoms with Crippen LogP contribution in [0.1, 0.15) is 31.1 Å². The van der Waals surface area contributed by atoms with Gasteiger partial charge in [-0.15, -0.1) is 11.3 Å². The molecule has 6 heteroatoms. The molecule has 0 spiro atoms. The number of thiophene rings is 1. The molecule has 1 aliphatic heterocycles. The molecule has 1 fully saturated rings. The highest BCUT2D eigenvalue weighted by molar-refractivity contribution is 7.80. The molecule has 2 heterocycles. The van der Waals surface area contributed by atoms with Gasteiger partial charge in [0.2, 0.25) is 0 Å². The normalized spacial score (nSPS) is 17.3. The lowest BCUT2D eigenvalue weighted by Crippen LogP contribution is -2.39. The van der Waals surface area contributed by atoms with E-state index in [4.69, 9.17) is 17.0 Å². The Morgan fingerprint density at radius 2 is 2.25 bits per heavy atom. The summed E-state index contributed by atoms with van der Waals surface area (Å²) < 4.78 is 5.32. The number of benzene rings is 1. The Bertz CT molecular complexity index is 735. The Hall–Kier alpha value is -1.63. The Balaban J connectivity index is 1.58. The van der Waals surface area contributed by atoms with Gasteiger partial charge in [-0.1, -0.05) is 19.1 Å². The highest BCUT2D eigenvalue weighted by Crippen LogP contribution is 2.19. The molecule has 1 N–H and O–H groups in total. The Labute approximate surface area is 178 Å². The fourth-order valence-electron chi connectivity index (χ4n) is 3.72. The van der Waals surface area contributed by atoms with Crippen LogP contribution in [0.25, 0.3) is 0 Å². The molecule has 3 rings (SSSR count). The molecule has 2 aromatic rings. The third kappa shape index (κ3) is 6.47. The first-order valence-electron chi connectivity index (χ1n) is 10.1. The smallest absolute Gasteiger partial charge is 0.173 e. The molecular weight excluding hydrogens is 386 g/mol. The standard InChI is InChI=1S/C22H31N3OS2/c1-18-7-4-11-24(16-18)12-6-13-25(17-21-10-5-14-28-21)22(27)23-19-8-3-9-20(15-19)26-2/h3,5,8-10,14-15,18H,4,6-7,11-13,16-17H2,1-2H3,(H,23,27)/t18-/m0/s1. The molecule has 1 saturated heterocycles. The zero-order valence-corrected chi connectivity index (χ0v) is 18.5. The third-order valence-electron chi connectivity index (χ3n) is 5.18. The molecule has 28 heavy (non-hydrogen) atoms. The highest BCUT2D eigenvalue weighted by Gasteiger charge is 2.17. The van der Waals surface area contributed by atoms with E-state index in [1.54, 1.807) is 18.4 Å². The van der Waals surface area contributed by atoms with Crippen LogP contribution < -0.4 is 10.1 Å². The van der Waals surface area contributed by atoms with Crippen molar-refractivity contribution < 1.29 is 4.74 Å². The number of hydrogen-bond donors (Lipinski definition) is 1. The van der Waals surface area contributed by atoms with Crippen molar-refractivity contribution in [3.05, 3.63) is 46.7 Å². The fraction of sp³-hybridized carbons (Fsp3) is 0.500. The van der Waals surface area contributed by atoms with Crippen LogP contribution in [0, 0.1) is 5.92 Å². The van der Waals surface area contributed by atoms with Crippen molar-refractivity contribution >= 4 is 34.4 Å². The highest BCUT2D eigenvalue weighted by atomic mass is 32.1. The van der Waals surface area contributed by atoms with Crippen LogP contribution in [0.15, 0.2) is 41.8 Å². The van der Waals surface area contributed by atoms with E-state index in [2.05, 4.69) is 39.6 Å². The second-order valence-electron chi connectivity index (χ2n) is 7.56. The van der Waals surface area contributed by atoms with E-state index < -0.39 is 0 Å². The van der Waals surface area contributed by atoms with Gasteiger partial charge in [-0.3, -0.25) is 0 Å². The molecule has 0 radical (unpaired) electrons. The minimum atomic E-state index is 0.772. The average Bonchev–Trinajstić information content (AvgIpc) is 3.20. The molecule has 1 aromatic heterocycles. The summed E-state index contributed by atoms with van der Waals surface area (Å²) in [7, 11) is 1.68. The van der Waals surface area contributed by atoms with E-state index in [-0.39, 0.29) is 0 Å². The SMILES string of the molecule is COc1cccc(NC(=S)N(CCCN2CCC[C@H](C)C2)Cc2cccs2)c1. The number of methoxy groups -OCH3 is 1. The van der Waals surface area contributed by atoms with Gasteiger partial charge in [-0.2, -0.15) is 0 Å². The lowest BCUT2D eigenvalue weighted by atomic mass is 10.0. The zero-order valence-electron chi connectivity index (χ0n) is 16.9. The quantitative estimate of drug-likeness (QED) is 0.605. The van der Waals surface area contributed by atoms with Crippen molar-refractivity contribution in [1.82, 2.24) is 9.80 Å². The maximum atomic E-state index is 5.76. The van der Waals surface area contributed by atoms with Crippen molar-refractivity contribution in [1.29, 1.82) is 0 Å². The number of ether oxygens (including phenoxy) is 1. The van der Waals surface area contributed by atoms with Gasteiger partial charge in [0, 0.05) is 29.7 Å². The molecule has 1 aromatic carbocycles. The molecule has 0 bridgehead atoms. The summed E-state index contributed by atoms with van der Waals surface area (Å²) in [6.07, 6.45) is 3.82. The third-order valence-corrected chi connectivity index (χ3v) is 6.40. The Kier molecular flexibility index (Phi) is 8.13. The number of piperidine rings is 1.